The molecule has 2 rings (SSSR count). The molecule has 2 N–H and O–H groups in total. The van der Waals surface area contributed by atoms with Gasteiger partial charge in [0.25, 0.3) is 5.91 Å². The molecule has 5 nitrogen and oxygen atoms in total. The molecule has 1 aliphatic heterocycles. The Hall–Kier alpha value is -1.88. The third-order valence-corrected chi connectivity index (χ3v) is 4.69. The second-order valence-corrected chi connectivity index (χ2v) is 6.45. The van der Waals surface area contributed by atoms with Crippen LogP contribution in [0.4, 0.5) is 0 Å². The van der Waals surface area contributed by atoms with Crippen LogP contribution in [0.2, 0.25) is 0 Å². The number of hydrogen-bond donors (Lipinski definition) is 2. The molecule has 1 fully saturated rings. The molecule has 2 atom stereocenters. The number of nitrogens with zero attached hydrogens (tertiary/aromatic N) is 1. The number of nitrogens with one attached hydrogen (secondary N) is 1. The van der Waals surface area contributed by atoms with E-state index in [9.17, 15) is 9.59 Å². The number of aryl methyl sites for hydroxylation is 2. The molecule has 1 heterocycles. The number of hydroxylamine groups is 1. The number of benzene rings is 1. The van der Waals surface area contributed by atoms with E-state index >= 15 is 0 Å². The number of rotatable bonds is 5. The maximum absolute atomic E-state index is 12.6. The molecule has 1 aliphatic rings. The fraction of sp³-hybridized carbons (Fsp3) is 0.529. The molecule has 0 bridgehead atoms. The van der Waals surface area contributed by atoms with E-state index in [-0.39, 0.29) is 5.91 Å². The van der Waals surface area contributed by atoms with Crippen molar-refractivity contribution in [1.82, 2.24) is 10.4 Å². The minimum atomic E-state index is -0.640. The summed E-state index contributed by atoms with van der Waals surface area (Å²) in [5.41, 5.74) is 3.63. The van der Waals surface area contributed by atoms with Crippen LogP contribution in [0.25, 0.3) is 0 Å². The van der Waals surface area contributed by atoms with Gasteiger partial charge in [0.05, 0.1) is 0 Å². The predicted octanol–water partition coefficient (Wildman–Crippen LogP) is 2.06. The first-order chi connectivity index (χ1) is 10.4. The van der Waals surface area contributed by atoms with Gasteiger partial charge in [-0.25, -0.2) is 5.48 Å². The average molecular weight is 304 g/mol. The minimum absolute atomic E-state index is 0.00347. The minimum Gasteiger partial charge on any atom is -0.330 e. The van der Waals surface area contributed by atoms with Crippen LogP contribution < -0.4 is 5.48 Å². The number of carbonyl (C=O) groups excluding carboxylic acids is 2. The average Bonchev–Trinajstić information content (AvgIpc) is 2.80. The van der Waals surface area contributed by atoms with Crippen molar-refractivity contribution in [3.63, 3.8) is 0 Å². The van der Waals surface area contributed by atoms with Gasteiger partial charge in [-0.15, -0.1) is 0 Å². The van der Waals surface area contributed by atoms with Crippen LogP contribution in [-0.2, 0) is 16.0 Å². The lowest BCUT2D eigenvalue weighted by Crippen LogP contribution is -2.46. The molecule has 1 saturated heterocycles. The summed E-state index contributed by atoms with van der Waals surface area (Å²) in [6, 6.07) is 7.67. The van der Waals surface area contributed by atoms with Crippen molar-refractivity contribution in [1.29, 1.82) is 0 Å². The SMILES string of the molecule is Cc1cccc(CCC2(C)CCN(C(C)C(=O)NO)C2=O)c1. The summed E-state index contributed by atoms with van der Waals surface area (Å²) in [5, 5.41) is 8.72. The van der Waals surface area contributed by atoms with E-state index in [1.807, 2.05) is 13.0 Å². The molecule has 22 heavy (non-hydrogen) atoms. The number of hydrogen-bond acceptors (Lipinski definition) is 3. The van der Waals surface area contributed by atoms with Gasteiger partial charge in [-0.1, -0.05) is 36.8 Å². The molecule has 2 unspecified atom stereocenters. The van der Waals surface area contributed by atoms with Crippen LogP contribution in [0.1, 0.15) is 37.8 Å². The highest BCUT2D eigenvalue weighted by Gasteiger charge is 2.45. The van der Waals surface area contributed by atoms with Gasteiger partial charge in [0.1, 0.15) is 6.04 Å². The topological polar surface area (TPSA) is 69.6 Å². The van der Waals surface area contributed by atoms with Gasteiger partial charge < -0.3 is 4.90 Å². The van der Waals surface area contributed by atoms with Crippen LogP contribution in [0.5, 0.6) is 0 Å². The highest BCUT2D eigenvalue weighted by molar-refractivity contribution is 5.90. The first-order valence-electron chi connectivity index (χ1n) is 7.68. The van der Waals surface area contributed by atoms with Crippen molar-refractivity contribution in [3.05, 3.63) is 35.4 Å². The third kappa shape index (κ3) is 3.30. The molecule has 0 saturated carbocycles. The molecule has 120 valence electrons. The molecule has 0 aliphatic carbocycles. The lowest BCUT2D eigenvalue weighted by Gasteiger charge is -2.26. The van der Waals surface area contributed by atoms with Gasteiger partial charge in [-0.2, -0.15) is 0 Å². The first-order valence-corrected chi connectivity index (χ1v) is 7.68. The molecule has 5 heteroatoms. The van der Waals surface area contributed by atoms with Gasteiger partial charge in [-0.05, 0) is 38.7 Å². The van der Waals surface area contributed by atoms with Gasteiger partial charge in [-0.3, -0.25) is 14.8 Å². The van der Waals surface area contributed by atoms with Crippen LogP contribution in [0, 0.1) is 12.3 Å². The molecule has 1 aromatic rings. The lowest BCUT2D eigenvalue weighted by molar-refractivity contribution is -0.145. The summed E-state index contributed by atoms with van der Waals surface area (Å²) >= 11 is 0. The Labute approximate surface area is 131 Å². The number of carbonyl (C=O) groups is 2. The summed E-state index contributed by atoms with van der Waals surface area (Å²) < 4.78 is 0. The van der Waals surface area contributed by atoms with Crippen molar-refractivity contribution >= 4 is 11.8 Å². The zero-order valence-corrected chi connectivity index (χ0v) is 13.4. The van der Waals surface area contributed by atoms with Crippen molar-refractivity contribution < 1.29 is 14.8 Å². The number of amides is 2. The molecule has 1 aromatic carbocycles. The van der Waals surface area contributed by atoms with E-state index in [4.69, 9.17) is 5.21 Å². The van der Waals surface area contributed by atoms with E-state index in [0.29, 0.717) is 6.54 Å². The smallest absolute Gasteiger partial charge is 0.265 e. The summed E-state index contributed by atoms with van der Waals surface area (Å²) in [6.07, 6.45) is 2.35. The van der Waals surface area contributed by atoms with Crippen molar-refractivity contribution in [2.75, 3.05) is 6.54 Å². The predicted molar refractivity (Wildman–Crippen MR) is 83.3 cm³/mol. The first kappa shape index (κ1) is 16.5. The van der Waals surface area contributed by atoms with Crippen molar-refractivity contribution in [2.24, 2.45) is 5.41 Å². The van der Waals surface area contributed by atoms with Crippen LogP contribution in [0.15, 0.2) is 24.3 Å². The second-order valence-electron chi connectivity index (χ2n) is 6.45. The summed E-state index contributed by atoms with van der Waals surface area (Å²) in [4.78, 5) is 25.7. The number of likely N-dealkylation sites (tertiary alicyclic amines) is 1. The highest BCUT2D eigenvalue weighted by Crippen LogP contribution is 2.37. The third-order valence-electron chi connectivity index (χ3n) is 4.69. The second kappa shape index (κ2) is 6.48. The Morgan fingerprint density at radius 3 is 2.86 bits per heavy atom. The molecule has 0 aromatic heterocycles. The summed E-state index contributed by atoms with van der Waals surface area (Å²) in [5.74, 6) is -0.549. The molecular formula is C17H24N2O3. The Morgan fingerprint density at radius 2 is 2.23 bits per heavy atom. The molecule has 2 amide bonds. The Morgan fingerprint density at radius 1 is 1.50 bits per heavy atom. The van der Waals surface area contributed by atoms with Crippen LogP contribution >= 0.6 is 0 Å². The largest absolute Gasteiger partial charge is 0.330 e. The maximum atomic E-state index is 12.6. The van der Waals surface area contributed by atoms with Gasteiger partial charge in [0.15, 0.2) is 0 Å². The van der Waals surface area contributed by atoms with E-state index in [1.165, 1.54) is 11.1 Å². The quantitative estimate of drug-likeness (QED) is 0.646. The van der Waals surface area contributed by atoms with E-state index < -0.39 is 17.4 Å². The Balaban J connectivity index is 2.02. The Kier molecular flexibility index (Phi) is 4.86. The highest BCUT2D eigenvalue weighted by atomic mass is 16.5. The summed E-state index contributed by atoms with van der Waals surface area (Å²) in [7, 11) is 0. The van der Waals surface area contributed by atoms with Gasteiger partial charge >= 0.3 is 0 Å². The van der Waals surface area contributed by atoms with Gasteiger partial charge in [0, 0.05) is 12.0 Å². The monoisotopic (exact) mass is 304 g/mol. The molecule has 0 radical (unpaired) electrons. The van der Waals surface area contributed by atoms with Crippen molar-refractivity contribution in [3.8, 4) is 0 Å². The van der Waals surface area contributed by atoms with E-state index in [2.05, 4.69) is 25.1 Å². The normalized spacial score (nSPS) is 22.7. The van der Waals surface area contributed by atoms with Crippen molar-refractivity contribution in [2.45, 2.75) is 46.1 Å². The molecular weight excluding hydrogens is 280 g/mol. The summed E-state index contributed by atoms with van der Waals surface area (Å²) in [6.45, 7) is 6.21. The van der Waals surface area contributed by atoms with Crippen LogP contribution in [-0.4, -0.2) is 34.5 Å². The van der Waals surface area contributed by atoms with E-state index in [1.54, 1.807) is 17.3 Å². The standard InChI is InChI=1S/C17H24N2O3/c1-12-5-4-6-14(11-12)7-8-17(3)9-10-19(16(17)21)13(2)15(20)18-22/h4-6,11,13,22H,7-10H2,1-3H3,(H,18,20). The van der Waals surface area contributed by atoms with E-state index in [0.717, 1.165) is 19.3 Å². The zero-order valence-electron chi connectivity index (χ0n) is 13.4. The van der Waals surface area contributed by atoms with Crippen LogP contribution in [0.3, 0.4) is 0 Å². The van der Waals surface area contributed by atoms with Gasteiger partial charge in [0.2, 0.25) is 5.91 Å². The maximum Gasteiger partial charge on any atom is 0.265 e. The fourth-order valence-electron chi connectivity index (χ4n) is 3.05. The zero-order chi connectivity index (χ0) is 16.3. The Bertz CT molecular complexity index is 573. The lowest BCUT2D eigenvalue weighted by atomic mass is 9.82. The molecule has 0 spiro atoms. The fourth-order valence-corrected chi connectivity index (χ4v) is 3.05.